The van der Waals surface area contributed by atoms with Crippen molar-refractivity contribution < 1.29 is 9.53 Å². The topological polar surface area (TPSA) is 75.0 Å². The molecule has 29 heavy (non-hydrogen) atoms. The van der Waals surface area contributed by atoms with Crippen LogP contribution in [-0.2, 0) is 4.79 Å². The minimum atomic E-state index is -0.191. The number of anilines is 1. The average Bonchev–Trinajstić information content (AvgIpc) is 2.75. The quantitative estimate of drug-likeness (QED) is 0.576. The largest absolute Gasteiger partial charge is 0.438 e. The van der Waals surface area contributed by atoms with Crippen molar-refractivity contribution >= 4 is 11.6 Å². The molecule has 5 nitrogen and oxygen atoms in total. The Morgan fingerprint density at radius 1 is 1.17 bits per heavy atom. The van der Waals surface area contributed by atoms with Gasteiger partial charge in [-0.1, -0.05) is 43.7 Å². The van der Waals surface area contributed by atoms with E-state index in [0.717, 1.165) is 29.7 Å². The molecule has 5 heteroatoms. The van der Waals surface area contributed by atoms with Crippen LogP contribution in [0.4, 0.5) is 5.69 Å². The number of hydrogen-bond donors (Lipinski definition) is 1. The minimum Gasteiger partial charge on any atom is -0.438 e. The van der Waals surface area contributed by atoms with Crippen molar-refractivity contribution in [3.8, 4) is 17.7 Å². The number of ether oxygens (including phenoxy) is 1. The van der Waals surface area contributed by atoms with Crippen LogP contribution in [0.5, 0.6) is 11.6 Å². The monoisotopic (exact) mass is 385 g/mol. The molecule has 0 saturated carbocycles. The van der Waals surface area contributed by atoms with E-state index in [9.17, 15) is 4.79 Å². The summed E-state index contributed by atoms with van der Waals surface area (Å²) in [6.07, 6.45) is 3.28. The average molecular weight is 385 g/mol. The number of hydrogen-bond acceptors (Lipinski definition) is 4. The number of nitriles is 1. The molecule has 1 atom stereocenters. The second-order valence-corrected chi connectivity index (χ2v) is 6.79. The number of rotatable bonds is 7. The first-order valence-corrected chi connectivity index (χ1v) is 9.61. The summed E-state index contributed by atoms with van der Waals surface area (Å²) < 4.78 is 5.75. The Bertz CT molecular complexity index is 1030. The van der Waals surface area contributed by atoms with E-state index >= 15 is 0 Å². The Hall–Kier alpha value is -3.65. The van der Waals surface area contributed by atoms with Gasteiger partial charge >= 0.3 is 0 Å². The van der Waals surface area contributed by atoms with Gasteiger partial charge in [-0.3, -0.25) is 4.79 Å². The fraction of sp³-hybridized carbons (Fsp3) is 0.208. The van der Waals surface area contributed by atoms with E-state index in [2.05, 4.69) is 23.3 Å². The van der Waals surface area contributed by atoms with Crippen molar-refractivity contribution in [3.63, 3.8) is 0 Å². The minimum absolute atomic E-state index is 0.0219. The highest BCUT2D eigenvalue weighted by molar-refractivity contribution is 5.96. The number of carbonyl (C=O) groups is 1. The van der Waals surface area contributed by atoms with Crippen LogP contribution in [0.3, 0.4) is 0 Å². The number of aromatic nitrogens is 1. The lowest BCUT2D eigenvalue weighted by Crippen LogP contribution is -2.21. The van der Waals surface area contributed by atoms with E-state index in [0.29, 0.717) is 11.3 Å². The summed E-state index contributed by atoms with van der Waals surface area (Å²) in [7, 11) is 0. The van der Waals surface area contributed by atoms with Crippen LogP contribution in [0.2, 0.25) is 0 Å². The third-order valence-electron chi connectivity index (χ3n) is 4.66. The van der Waals surface area contributed by atoms with Crippen LogP contribution in [0, 0.1) is 18.3 Å². The molecule has 0 bridgehead atoms. The molecule has 0 saturated heterocycles. The third kappa shape index (κ3) is 4.99. The highest BCUT2D eigenvalue weighted by Gasteiger charge is 2.20. The van der Waals surface area contributed by atoms with Gasteiger partial charge in [0, 0.05) is 11.9 Å². The maximum absolute atomic E-state index is 12.9. The number of nitrogens with zero attached hydrogens (tertiary/aromatic N) is 2. The molecule has 1 N–H and O–H groups in total. The Labute approximate surface area is 171 Å². The standard InChI is InChI=1S/C24H23N3O2/c1-3-8-21(18-9-5-4-6-10-18)23(28)27-22-13-12-20(15-17(22)2)29-24-19(16-25)11-7-14-26-24/h4-7,9-15,21H,3,8H2,1-2H3,(H,27,28). The first kappa shape index (κ1) is 20.1. The number of benzene rings is 2. The normalized spacial score (nSPS) is 11.3. The molecule has 0 aliphatic rings. The van der Waals surface area contributed by atoms with Crippen LogP contribution in [0.25, 0.3) is 0 Å². The van der Waals surface area contributed by atoms with Crippen LogP contribution in [-0.4, -0.2) is 10.9 Å². The predicted octanol–water partition coefficient (Wildman–Crippen LogP) is 5.58. The van der Waals surface area contributed by atoms with Gasteiger partial charge in [0.2, 0.25) is 11.8 Å². The zero-order valence-corrected chi connectivity index (χ0v) is 16.6. The summed E-state index contributed by atoms with van der Waals surface area (Å²) in [6.45, 7) is 3.98. The molecule has 146 valence electrons. The summed E-state index contributed by atoms with van der Waals surface area (Å²) in [5.41, 5.74) is 2.99. The van der Waals surface area contributed by atoms with Crippen molar-refractivity contribution in [1.29, 1.82) is 5.26 Å². The summed E-state index contributed by atoms with van der Waals surface area (Å²) >= 11 is 0. The molecule has 2 aromatic carbocycles. The lowest BCUT2D eigenvalue weighted by atomic mass is 9.93. The van der Waals surface area contributed by atoms with E-state index in [1.165, 1.54) is 0 Å². The van der Waals surface area contributed by atoms with E-state index in [4.69, 9.17) is 10.00 Å². The Morgan fingerprint density at radius 3 is 2.66 bits per heavy atom. The van der Waals surface area contributed by atoms with Gasteiger partial charge < -0.3 is 10.1 Å². The number of nitrogens with one attached hydrogen (secondary N) is 1. The molecule has 0 aliphatic heterocycles. The maximum Gasteiger partial charge on any atom is 0.237 e. The molecular weight excluding hydrogens is 362 g/mol. The number of carbonyl (C=O) groups excluding carboxylic acids is 1. The molecule has 0 spiro atoms. The molecule has 1 aromatic heterocycles. The van der Waals surface area contributed by atoms with Gasteiger partial charge in [0.15, 0.2) is 0 Å². The summed E-state index contributed by atoms with van der Waals surface area (Å²) in [5, 5.41) is 12.2. The van der Waals surface area contributed by atoms with Crippen molar-refractivity contribution in [3.05, 3.63) is 83.6 Å². The van der Waals surface area contributed by atoms with Crippen LogP contribution in [0.1, 0.15) is 42.4 Å². The lowest BCUT2D eigenvalue weighted by molar-refractivity contribution is -0.117. The van der Waals surface area contributed by atoms with E-state index in [1.807, 2.05) is 49.4 Å². The van der Waals surface area contributed by atoms with Crippen molar-refractivity contribution in [2.75, 3.05) is 5.32 Å². The van der Waals surface area contributed by atoms with Crippen LogP contribution >= 0.6 is 0 Å². The molecule has 1 amide bonds. The second kappa shape index (κ2) is 9.52. The summed E-state index contributed by atoms with van der Waals surface area (Å²) in [5.74, 6) is 0.608. The highest BCUT2D eigenvalue weighted by atomic mass is 16.5. The SMILES string of the molecule is CCCC(C(=O)Nc1ccc(Oc2ncccc2C#N)cc1C)c1ccccc1. The van der Waals surface area contributed by atoms with Crippen molar-refractivity contribution in [2.45, 2.75) is 32.6 Å². The summed E-state index contributed by atoms with van der Waals surface area (Å²) in [6, 6.07) is 20.6. The smallest absolute Gasteiger partial charge is 0.237 e. The van der Waals surface area contributed by atoms with Crippen molar-refractivity contribution in [1.82, 2.24) is 4.98 Å². The van der Waals surface area contributed by atoms with E-state index in [-0.39, 0.29) is 17.7 Å². The molecule has 0 aliphatic carbocycles. The zero-order valence-electron chi connectivity index (χ0n) is 16.6. The van der Waals surface area contributed by atoms with Crippen molar-refractivity contribution in [2.24, 2.45) is 0 Å². The Morgan fingerprint density at radius 2 is 1.97 bits per heavy atom. The first-order valence-electron chi connectivity index (χ1n) is 9.61. The number of pyridine rings is 1. The Kier molecular flexibility index (Phi) is 6.59. The maximum atomic E-state index is 12.9. The van der Waals surface area contributed by atoms with Gasteiger partial charge in [0.05, 0.1) is 5.92 Å². The lowest BCUT2D eigenvalue weighted by Gasteiger charge is -2.18. The number of amides is 1. The second-order valence-electron chi connectivity index (χ2n) is 6.79. The molecule has 0 radical (unpaired) electrons. The van der Waals surface area contributed by atoms with Gasteiger partial charge in [-0.15, -0.1) is 0 Å². The first-order chi connectivity index (χ1) is 14.1. The molecular formula is C24H23N3O2. The van der Waals surface area contributed by atoms with Gasteiger partial charge in [0.25, 0.3) is 0 Å². The molecule has 0 fully saturated rings. The zero-order chi connectivity index (χ0) is 20.6. The molecule has 3 rings (SSSR count). The van der Waals surface area contributed by atoms with Crippen LogP contribution < -0.4 is 10.1 Å². The highest BCUT2D eigenvalue weighted by Crippen LogP contribution is 2.28. The van der Waals surface area contributed by atoms with Gasteiger partial charge in [-0.25, -0.2) is 4.98 Å². The fourth-order valence-electron chi connectivity index (χ4n) is 3.15. The van der Waals surface area contributed by atoms with Crippen LogP contribution in [0.15, 0.2) is 66.9 Å². The van der Waals surface area contributed by atoms with E-state index < -0.39 is 0 Å². The van der Waals surface area contributed by atoms with Gasteiger partial charge in [-0.05, 0) is 54.8 Å². The van der Waals surface area contributed by atoms with E-state index in [1.54, 1.807) is 24.4 Å². The molecule has 1 heterocycles. The molecule has 3 aromatic rings. The van der Waals surface area contributed by atoms with Gasteiger partial charge in [-0.2, -0.15) is 5.26 Å². The molecule has 1 unspecified atom stereocenters. The summed E-state index contributed by atoms with van der Waals surface area (Å²) in [4.78, 5) is 17.0. The third-order valence-corrected chi connectivity index (χ3v) is 4.66. The Balaban J connectivity index is 1.76. The fourth-order valence-corrected chi connectivity index (χ4v) is 3.15. The van der Waals surface area contributed by atoms with Gasteiger partial charge in [0.1, 0.15) is 17.4 Å². The number of aryl methyl sites for hydroxylation is 1. The predicted molar refractivity (Wildman–Crippen MR) is 113 cm³/mol.